The maximum Gasteiger partial charge on any atom is 0.193 e. The highest BCUT2D eigenvalue weighted by Gasteiger charge is 2.39. The normalized spacial score (nSPS) is 19.7. The molecule has 2 aliphatic rings. The zero-order valence-corrected chi connectivity index (χ0v) is 15.2. The van der Waals surface area contributed by atoms with Gasteiger partial charge >= 0.3 is 0 Å². The lowest BCUT2D eigenvalue weighted by Gasteiger charge is -2.37. The van der Waals surface area contributed by atoms with Crippen LogP contribution in [0.5, 0.6) is 0 Å². The van der Waals surface area contributed by atoms with Crippen molar-refractivity contribution < 1.29 is 14.3 Å². The van der Waals surface area contributed by atoms with Crippen molar-refractivity contribution in [1.82, 2.24) is 4.90 Å². The average Bonchev–Trinajstić information content (AvgIpc) is 3.13. The number of aryl methyl sites for hydroxylation is 1. The summed E-state index contributed by atoms with van der Waals surface area (Å²) >= 11 is 0. The summed E-state index contributed by atoms with van der Waals surface area (Å²) < 4.78 is 11.6. The van der Waals surface area contributed by atoms with Crippen LogP contribution in [0.1, 0.15) is 39.9 Å². The van der Waals surface area contributed by atoms with E-state index in [9.17, 15) is 4.79 Å². The topological polar surface area (TPSA) is 38.8 Å². The largest absolute Gasteiger partial charge is 0.347 e. The summed E-state index contributed by atoms with van der Waals surface area (Å²) in [5.41, 5.74) is 3.87. The molecule has 4 rings (SSSR count). The lowest BCUT2D eigenvalue weighted by molar-refractivity contribution is -0.185. The summed E-state index contributed by atoms with van der Waals surface area (Å²) in [5.74, 6) is -0.243. The molecule has 2 heterocycles. The fraction of sp³-hybridized carbons (Fsp3) is 0.409. The quantitative estimate of drug-likeness (QED) is 0.790. The second-order valence-corrected chi connectivity index (χ2v) is 7.28. The van der Waals surface area contributed by atoms with E-state index in [0.29, 0.717) is 0 Å². The molecule has 2 aromatic carbocycles. The molecule has 1 spiro atoms. The summed E-state index contributed by atoms with van der Waals surface area (Å²) in [4.78, 5) is 15.0. The standard InChI is InChI=1S/C22H25NO3/c1-17-2-6-19(7-3-17)21(24)20-8-4-18(5-9-20)16-23-12-10-22(11-13-23)25-14-15-26-22/h2-9H,10-16H2,1H3. The van der Waals surface area contributed by atoms with Crippen LogP contribution >= 0.6 is 0 Å². The first-order chi connectivity index (χ1) is 12.6. The fourth-order valence-corrected chi connectivity index (χ4v) is 3.73. The summed E-state index contributed by atoms with van der Waals surface area (Å²) in [5, 5.41) is 0. The molecule has 2 fully saturated rings. The van der Waals surface area contributed by atoms with Crippen molar-refractivity contribution in [3.05, 3.63) is 70.8 Å². The molecule has 2 saturated heterocycles. The molecule has 0 atom stereocenters. The molecular formula is C22H25NO3. The highest BCUT2D eigenvalue weighted by Crippen LogP contribution is 2.31. The van der Waals surface area contributed by atoms with E-state index in [1.54, 1.807) is 0 Å². The molecule has 4 nitrogen and oxygen atoms in total. The first-order valence-electron chi connectivity index (χ1n) is 9.34. The van der Waals surface area contributed by atoms with Crippen LogP contribution in [0.3, 0.4) is 0 Å². The maximum atomic E-state index is 12.6. The molecule has 2 aromatic rings. The van der Waals surface area contributed by atoms with Gasteiger partial charge in [0.1, 0.15) is 0 Å². The molecular weight excluding hydrogens is 326 g/mol. The molecule has 0 bridgehead atoms. The van der Waals surface area contributed by atoms with Crippen LogP contribution in [0.25, 0.3) is 0 Å². The van der Waals surface area contributed by atoms with Crippen LogP contribution in [0.2, 0.25) is 0 Å². The number of ether oxygens (including phenoxy) is 2. The number of benzene rings is 2. The Labute approximate surface area is 154 Å². The number of piperidine rings is 1. The van der Waals surface area contributed by atoms with Crippen LogP contribution in [-0.2, 0) is 16.0 Å². The minimum Gasteiger partial charge on any atom is -0.347 e. The van der Waals surface area contributed by atoms with Crippen molar-refractivity contribution in [3.8, 4) is 0 Å². The van der Waals surface area contributed by atoms with E-state index < -0.39 is 0 Å². The first-order valence-corrected chi connectivity index (χ1v) is 9.34. The van der Waals surface area contributed by atoms with Crippen molar-refractivity contribution in [3.63, 3.8) is 0 Å². The summed E-state index contributed by atoms with van der Waals surface area (Å²) in [6.45, 7) is 6.31. The van der Waals surface area contributed by atoms with Gasteiger partial charge in [0.05, 0.1) is 13.2 Å². The van der Waals surface area contributed by atoms with Crippen molar-refractivity contribution in [2.24, 2.45) is 0 Å². The molecule has 0 unspecified atom stereocenters. The van der Waals surface area contributed by atoms with E-state index in [0.717, 1.165) is 62.4 Å². The summed E-state index contributed by atoms with van der Waals surface area (Å²) in [6.07, 6.45) is 1.86. The molecule has 0 aromatic heterocycles. The van der Waals surface area contributed by atoms with Crippen molar-refractivity contribution in [2.45, 2.75) is 32.1 Å². The van der Waals surface area contributed by atoms with E-state index in [1.165, 1.54) is 5.56 Å². The third-order valence-electron chi connectivity index (χ3n) is 5.37. The van der Waals surface area contributed by atoms with Crippen LogP contribution < -0.4 is 0 Å². The number of rotatable bonds is 4. The Bertz CT molecular complexity index is 751. The predicted octanol–water partition coefficient (Wildman–Crippen LogP) is 3.56. The van der Waals surface area contributed by atoms with Gasteiger partial charge in [-0.1, -0.05) is 54.1 Å². The zero-order chi connectivity index (χ0) is 18.0. The zero-order valence-electron chi connectivity index (χ0n) is 15.2. The van der Waals surface area contributed by atoms with Gasteiger partial charge in [-0.3, -0.25) is 9.69 Å². The van der Waals surface area contributed by atoms with Crippen LogP contribution in [0, 0.1) is 6.92 Å². The van der Waals surface area contributed by atoms with Crippen LogP contribution in [-0.4, -0.2) is 42.8 Å². The molecule has 0 N–H and O–H groups in total. The predicted molar refractivity (Wildman–Crippen MR) is 100 cm³/mol. The van der Waals surface area contributed by atoms with Crippen molar-refractivity contribution in [1.29, 1.82) is 0 Å². The van der Waals surface area contributed by atoms with Gasteiger partial charge in [-0.05, 0) is 12.5 Å². The number of nitrogens with zero attached hydrogens (tertiary/aromatic N) is 1. The molecule has 26 heavy (non-hydrogen) atoms. The minimum atomic E-state index is -0.319. The Morgan fingerprint density at radius 2 is 1.46 bits per heavy atom. The second-order valence-electron chi connectivity index (χ2n) is 7.28. The monoisotopic (exact) mass is 351 g/mol. The lowest BCUT2D eigenvalue weighted by atomic mass is 10.00. The Kier molecular flexibility index (Phi) is 4.90. The van der Waals surface area contributed by atoms with Gasteiger partial charge in [0.2, 0.25) is 0 Å². The second kappa shape index (κ2) is 7.31. The third kappa shape index (κ3) is 3.73. The Hall–Kier alpha value is -2.01. The molecule has 2 aliphatic heterocycles. The molecule has 0 saturated carbocycles. The third-order valence-corrected chi connectivity index (χ3v) is 5.37. The highest BCUT2D eigenvalue weighted by molar-refractivity contribution is 6.08. The molecule has 136 valence electrons. The average molecular weight is 351 g/mol. The van der Waals surface area contributed by atoms with Gasteiger partial charge in [0, 0.05) is 43.6 Å². The van der Waals surface area contributed by atoms with E-state index in [1.807, 2.05) is 43.3 Å². The molecule has 0 aliphatic carbocycles. The van der Waals surface area contributed by atoms with Crippen LogP contribution in [0.4, 0.5) is 0 Å². The van der Waals surface area contributed by atoms with Crippen LogP contribution in [0.15, 0.2) is 48.5 Å². The number of carbonyl (C=O) groups excluding carboxylic acids is 1. The number of ketones is 1. The van der Waals surface area contributed by atoms with Crippen molar-refractivity contribution >= 4 is 5.78 Å². The number of carbonyl (C=O) groups is 1. The van der Waals surface area contributed by atoms with E-state index >= 15 is 0 Å². The number of hydrogen-bond donors (Lipinski definition) is 0. The summed E-state index contributed by atoms with van der Waals surface area (Å²) in [6, 6.07) is 15.7. The van der Waals surface area contributed by atoms with Gasteiger partial charge in [0.25, 0.3) is 0 Å². The Balaban J connectivity index is 1.36. The van der Waals surface area contributed by atoms with Gasteiger partial charge in [-0.2, -0.15) is 0 Å². The number of likely N-dealkylation sites (tertiary alicyclic amines) is 1. The van der Waals surface area contributed by atoms with Crippen molar-refractivity contribution in [2.75, 3.05) is 26.3 Å². The molecule has 0 radical (unpaired) electrons. The van der Waals surface area contributed by atoms with Gasteiger partial charge in [0.15, 0.2) is 11.6 Å². The van der Waals surface area contributed by atoms with E-state index in [-0.39, 0.29) is 11.6 Å². The van der Waals surface area contributed by atoms with Gasteiger partial charge in [-0.25, -0.2) is 0 Å². The fourth-order valence-electron chi connectivity index (χ4n) is 3.73. The van der Waals surface area contributed by atoms with E-state index in [2.05, 4.69) is 17.0 Å². The maximum absolute atomic E-state index is 12.6. The van der Waals surface area contributed by atoms with Gasteiger partial charge < -0.3 is 9.47 Å². The molecule has 4 heteroatoms. The number of hydrogen-bond acceptors (Lipinski definition) is 4. The Morgan fingerprint density at radius 1 is 0.923 bits per heavy atom. The summed E-state index contributed by atoms with van der Waals surface area (Å²) in [7, 11) is 0. The lowest BCUT2D eigenvalue weighted by Crippen LogP contribution is -2.44. The SMILES string of the molecule is Cc1ccc(C(=O)c2ccc(CN3CCC4(CC3)OCCO4)cc2)cc1. The minimum absolute atomic E-state index is 0.0759. The van der Waals surface area contributed by atoms with E-state index in [4.69, 9.17) is 9.47 Å². The van der Waals surface area contributed by atoms with Gasteiger partial charge in [-0.15, -0.1) is 0 Å². The smallest absolute Gasteiger partial charge is 0.193 e. The Morgan fingerprint density at radius 3 is 2.04 bits per heavy atom. The highest BCUT2D eigenvalue weighted by atomic mass is 16.7. The first kappa shape index (κ1) is 17.4. The molecule has 0 amide bonds.